The van der Waals surface area contributed by atoms with E-state index in [1.165, 1.54) is 54.8 Å². The molecule has 0 spiro atoms. The predicted octanol–water partition coefficient (Wildman–Crippen LogP) is 10.2. The number of dihydropyridines is 1. The molecule has 2 heterocycles. The average molecular weight is 605 g/mol. The monoisotopic (exact) mass is 604 g/mol. The molecule has 1 atom stereocenters. The maximum atomic E-state index is 9.54. The Labute approximate surface area is 274 Å². The highest BCUT2D eigenvalue weighted by Crippen LogP contribution is 2.45. The van der Waals surface area contributed by atoms with Gasteiger partial charge in [-0.2, -0.15) is 5.26 Å². The van der Waals surface area contributed by atoms with Gasteiger partial charge in [-0.05, 0) is 99.6 Å². The number of anilines is 4. The molecule has 0 bridgehead atoms. The number of hydrogen-bond acceptors (Lipinski definition) is 4. The molecule has 0 radical (unpaired) electrons. The van der Waals surface area contributed by atoms with Gasteiger partial charge in [0.05, 0.1) is 17.3 Å². The summed E-state index contributed by atoms with van der Waals surface area (Å²) in [7, 11) is 0. The minimum Gasteiger partial charge on any atom is -0.367 e. The summed E-state index contributed by atoms with van der Waals surface area (Å²) in [5, 5.41) is 20.8. The van der Waals surface area contributed by atoms with Crippen molar-refractivity contribution in [1.29, 1.82) is 5.26 Å². The van der Waals surface area contributed by atoms with Crippen molar-refractivity contribution in [2.45, 2.75) is 19.0 Å². The number of nitrogens with one attached hydrogen (secondary N) is 1. The third-order valence-electron chi connectivity index (χ3n) is 9.81. The van der Waals surface area contributed by atoms with Crippen molar-refractivity contribution in [2.24, 2.45) is 0 Å². The molecule has 47 heavy (non-hydrogen) atoms. The van der Waals surface area contributed by atoms with Crippen LogP contribution in [0.4, 0.5) is 22.7 Å². The summed E-state index contributed by atoms with van der Waals surface area (Å²) in [6, 6.07) is 47.7. The highest BCUT2D eigenvalue weighted by molar-refractivity contribution is 6.27. The molecule has 1 unspecified atom stereocenters. The molecular weight excluding hydrogens is 573 g/mol. The topological polar surface area (TPSA) is 42.3 Å². The molecule has 224 valence electrons. The molecule has 7 aromatic rings. The largest absolute Gasteiger partial charge is 0.367 e. The molecule has 0 saturated heterocycles. The van der Waals surface area contributed by atoms with Crippen LogP contribution in [0.25, 0.3) is 37.9 Å². The lowest BCUT2D eigenvalue weighted by Crippen LogP contribution is -2.40. The Morgan fingerprint density at radius 2 is 1.43 bits per heavy atom. The second kappa shape index (κ2) is 11.1. The quantitative estimate of drug-likeness (QED) is 0.199. The first-order chi connectivity index (χ1) is 23.3. The lowest BCUT2D eigenvalue weighted by molar-refractivity contribution is 0.704. The van der Waals surface area contributed by atoms with Crippen LogP contribution in [0.5, 0.6) is 0 Å². The molecule has 0 aliphatic carbocycles. The van der Waals surface area contributed by atoms with Crippen molar-refractivity contribution in [3.63, 3.8) is 0 Å². The number of hydrogen-bond donors (Lipinski definition) is 1. The first-order valence-electron chi connectivity index (χ1n) is 16.3. The van der Waals surface area contributed by atoms with Crippen LogP contribution >= 0.6 is 0 Å². The van der Waals surface area contributed by atoms with Gasteiger partial charge in [0.15, 0.2) is 0 Å². The minimum absolute atomic E-state index is 0.130. The van der Waals surface area contributed by atoms with E-state index in [-0.39, 0.29) is 6.17 Å². The summed E-state index contributed by atoms with van der Waals surface area (Å²) >= 11 is 0. The van der Waals surface area contributed by atoms with Gasteiger partial charge in [0.25, 0.3) is 0 Å². The molecule has 1 N–H and O–H groups in total. The van der Waals surface area contributed by atoms with Crippen molar-refractivity contribution >= 4 is 60.6 Å². The number of aryl methyl sites for hydroxylation is 1. The molecule has 2 aliphatic heterocycles. The Morgan fingerprint density at radius 3 is 2.21 bits per heavy atom. The Morgan fingerprint density at radius 1 is 0.702 bits per heavy atom. The third-order valence-corrected chi connectivity index (χ3v) is 9.81. The fourth-order valence-corrected chi connectivity index (χ4v) is 7.59. The summed E-state index contributed by atoms with van der Waals surface area (Å²) in [6.07, 6.45) is 8.67. The SMILES string of the molecule is N#Cc1ccc(N(c2ccc3ccc4c(N5CCCc6ccccc65)ccc5ccc2c3c54)C2C=CC(c3ccccc3)=CN2)cc1. The van der Waals surface area contributed by atoms with Crippen LogP contribution < -0.4 is 15.1 Å². The molecule has 7 aromatic carbocycles. The second-order valence-electron chi connectivity index (χ2n) is 12.4. The van der Waals surface area contributed by atoms with Gasteiger partial charge in [-0.1, -0.05) is 91.0 Å². The van der Waals surface area contributed by atoms with Gasteiger partial charge in [-0.3, -0.25) is 0 Å². The number of fused-ring (bicyclic) bond motifs is 1. The van der Waals surface area contributed by atoms with Crippen molar-refractivity contribution < 1.29 is 0 Å². The van der Waals surface area contributed by atoms with E-state index in [9.17, 15) is 5.26 Å². The predicted molar refractivity (Wildman–Crippen MR) is 196 cm³/mol. The van der Waals surface area contributed by atoms with Gasteiger partial charge in [-0.25, -0.2) is 0 Å². The Hall–Kier alpha value is -6.05. The van der Waals surface area contributed by atoms with E-state index in [2.05, 4.69) is 137 Å². The molecule has 4 heteroatoms. The summed E-state index contributed by atoms with van der Waals surface area (Å²) in [5.41, 5.74) is 9.10. The van der Waals surface area contributed by atoms with Gasteiger partial charge in [0, 0.05) is 40.6 Å². The van der Waals surface area contributed by atoms with Gasteiger partial charge in [0.1, 0.15) is 6.17 Å². The molecule has 2 aliphatic rings. The van der Waals surface area contributed by atoms with E-state index in [1.807, 2.05) is 30.3 Å². The summed E-state index contributed by atoms with van der Waals surface area (Å²) in [6.45, 7) is 1.01. The van der Waals surface area contributed by atoms with Crippen molar-refractivity contribution in [1.82, 2.24) is 5.32 Å². The van der Waals surface area contributed by atoms with Crippen LogP contribution in [0.2, 0.25) is 0 Å². The summed E-state index contributed by atoms with van der Waals surface area (Å²) in [4.78, 5) is 4.87. The zero-order valence-corrected chi connectivity index (χ0v) is 25.9. The number of nitrogens with zero attached hydrogens (tertiary/aromatic N) is 3. The molecule has 0 saturated carbocycles. The highest BCUT2D eigenvalue weighted by atomic mass is 15.3. The molecule has 4 nitrogen and oxygen atoms in total. The fraction of sp³-hybridized carbons (Fsp3) is 0.0930. The smallest absolute Gasteiger partial charge is 0.123 e. The Bertz CT molecular complexity index is 2380. The van der Waals surface area contributed by atoms with Crippen molar-refractivity contribution in [3.05, 3.63) is 162 Å². The average Bonchev–Trinajstić information content (AvgIpc) is 3.15. The maximum absolute atomic E-state index is 9.54. The zero-order valence-electron chi connectivity index (χ0n) is 25.9. The van der Waals surface area contributed by atoms with Gasteiger partial charge >= 0.3 is 0 Å². The normalized spacial score (nSPS) is 15.8. The number of rotatable bonds is 5. The molecule has 0 amide bonds. The van der Waals surface area contributed by atoms with E-state index in [0.717, 1.165) is 36.3 Å². The number of allylic oxidation sites excluding steroid dienone is 2. The first kappa shape index (κ1) is 27.3. The van der Waals surface area contributed by atoms with E-state index < -0.39 is 0 Å². The van der Waals surface area contributed by atoms with E-state index in [1.54, 1.807) is 0 Å². The van der Waals surface area contributed by atoms with Crippen LogP contribution in [-0.4, -0.2) is 12.7 Å². The number of para-hydroxylation sites is 1. The summed E-state index contributed by atoms with van der Waals surface area (Å²) < 4.78 is 0. The number of nitriles is 1. The van der Waals surface area contributed by atoms with E-state index in [0.29, 0.717) is 5.56 Å². The van der Waals surface area contributed by atoms with E-state index >= 15 is 0 Å². The van der Waals surface area contributed by atoms with Crippen LogP contribution in [0, 0.1) is 11.3 Å². The Balaban J connectivity index is 1.22. The Kier molecular flexibility index (Phi) is 6.43. The van der Waals surface area contributed by atoms with Crippen LogP contribution in [0.1, 0.15) is 23.1 Å². The fourth-order valence-electron chi connectivity index (χ4n) is 7.59. The number of benzene rings is 7. The second-order valence-corrected chi connectivity index (χ2v) is 12.4. The lowest BCUT2D eigenvalue weighted by Gasteiger charge is -2.35. The summed E-state index contributed by atoms with van der Waals surface area (Å²) in [5.74, 6) is 0. The van der Waals surface area contributed by atoms with Gasteiger partial charge < -0.3 is 15.1 Å². The van der Waals surface area contributed by atoms with Gasteiger partial charge in [0.2, 0.25) is 0 Å². The first-order valence-corrected chi connectivity index (χ1v) is 16.3. The van der Waals surface area contributed by atoms with Crippen molar-refractivity contribution in [3.8, 4) is 6.07 Å². The van der Waals surface area contributed by atoms with Crippen molar-refractivity contribution in [2.75, 3.05) is 16.3 Å². The minimum atomic E-state index is -0.130. The van der Waals surface area contributed by atoms with E-state index in [4.69, 9.17) is 0 Å². The maximum Gasteiger partial charge on any atom is 0.123 e. The molecule has 0 fully saturated rings. The standard InChI is InChI=1S/C43H32N4/c44-27-29-12-19-35(20-13-29)47(41-25-18-34(28-45-41)30-7-2-1-3-8-30)40-24-17-33-14-21-36-39(23-16-32-15-22-37(40)43(33)42(32)36)46-26-6-10-31-9-4-5-11-38(31)46/h1-5,7-9,11-25,28,41,45H,6,10,26H2. The lowest BCUT2D eigenvalue weighted by atomic mass is 9.91. The molecule has 9 rings (SSSR count). The molecular formula is C43H32N4. The van der Waals surface area contributed by atoms with Crippen LogP contribution in [0.3, 0.4) is 0 Å². The van der Waals surface area contributed by atoms with Crippen LogP contribution in [-0.2, 0) is 6.42 Å². The zero-order chi connectivity index (χ0) is 31.3. The third kappa shape index (κ3) is 4.51. The van der Waals surface area contributed by atoms with Gasteiger partial charge in [-0.15, -0.1) is 0 Å². The highest BCUT2D eigenvalue weighted by Gasteiger charge is 2.25. The molecule has 0 aromatic heterocycles. The van der Waals surface area contributed by atoms with Crippen LogP contribution in [0.15, 0.2) is 146 Å².